The normalized spacial score (nSPS) is 17.9. The SMILES string of the molecule is CC(NC(=O)[C@H](O)[C@@H](O)C(=O)N1CCC[C@@H]1c1cccc(Cl)c1)c1ccc(-c2ccccc2O)cn1. The van der Waals surface area contributed by atoms with E-state index in [0.29, 0.717) is 34.8 Å². The molecule has 4 N–H and O–H groups in total. The molecule has 4 rings (SSSR count). The molecule has 1 aliphatic heterocycles. The first kappa shape index (κ1) is 25.6. The van der Waals surface area contributed by atoms with E-state index in [1.54, 1.807) is 67.7 Å². The van der Waals surface area contributed by atoms with Crippen LogP contribution in [0.15, 0.2) is 66.9 Å². The maximum absolute atomic E-state index is 13.0. The highest BCUT2D eigenvalue weighted by molar-refractivity contribution is 6.30. The van der Waals surface area contributed by atoms with Crippen LogP contribution in [0.1, 0.15) is 43.1 Å². The maximum Gasteiger partial charge on any atom is 0.255 e. The number of nitrogens with one attached hydrogen (secondary N) is 1. The quantitative estimate of drug-likeness (QED) is 0.387. The number of aliphatic hydroxyl groups is 2. The van der Waals surface area contributed by atoms with Crippen molar-refractivity contribution < 1.29 is 24.9 Å². The fraction of sp³-hybridized carbons (Fsp3) is 0.296. The Bertz CT molecular complexity index is 1240. The smallest absolute Gasteiger partial charge is 0.255 e. The standard InChI is InChI=1S/C27H28ClN3O5/c1-16(21-12-11-18(15-29-21)20-8-2-3-10-23(20)32)30-26(35)24(33)25(34)27(36)31-13-5-9-22(31)17-6-4-7-19(28)14-17/h2-4,6-8,10-12,14-16,22,24-25,32-34H,5,9,13H2,1H3,(H,30,35)/t16?,22-,24-,25-/m1/s1. The van der Waals surface area contributed by atoms with Crippen molar-refractivity contribution >= 4 is 23.4 Å². The molecule has 1 aliphatic rings. The zero-order valence-corrected chi connectivity index (χ0v) is 20.5. The highest BCUT2D eigenvalue weighted by atomic mass is 35.5. The minimum Gasteiger partial charge on any atom is -0.507 e. The van der Waals surface area contributed by atoms with E-state index in [1.807, 2.05) is 6.07 Å². The minimum atomic E-state index is -1.94. The first-order chi connectivity index (χ1) is 17.3. The fourth-order valence-electron chi connectivity index (χ4n) is 4.45. The summed E-state index contributed by atoms with van der Waals surface area (Å²) >= 11 is 6.09. The van der Waals surface area contributed by atoms with Gasteiger partial charge < -0.3 is 25.5 Å². The van der Waals surface area contributed by atoms with Gasteiger partial charge in [-0.25, -0.2) is 0 Å². The number of aliphatic hydroxyl groups excluding tert-OH is 2. The number of carbonyl (C=O) groups excluding carboxylic acids is 2. The number of aromatic nitrogens is 1. The fourth-order valence-corrected chi connectivity index (χ4v) is 4.65. The number of aromatic hydroxyl groups is 1. The lowest BCUT2D eigenvalue weighted by atomic mass is 10.0. The van der Waals surface area contributed by atoms with Gasteiger partial charge in [-0.15, -0.1) is 0 Å². The molecule has 1 fully saturated rings. The van der Waals surface area contributed by atoms with E-state index in [9.17, 15) is 24.9 Å². The Labute approximate surface area is 214 Å². The molecular formula is C27H28ClN3O5. The van der Waals surface area contributed by atoms with Crippen LogP contribution in [0.2, 0.25) is 5.02 Å². The summed E-state index contributed by atoms with van der Waals surface area (Å²) in [5.41, 5.74) is 2.68. The molecule has 188 valence electrons. The van der Waals surface area contributed by atoms with Crippen molar-refractivity contribution in [3.8, 4) is 16.9 Å². The summed E-state index contributed by atoms with van der Waals surface area (Å²) in [5, 5.41) is 34.2. The number of halogens is 1. The van der Waals surface area contributed by atoms with Crippen LogP contribution in [0.25, 0.3) is 11.1 Å². The summed E-state index contributed by atoms with van der Waals surface area (Å²) in [5.74, 6) is -1.46. The molecule has 0 spiro atoms. The number of phenols is 1. The lowest BCUT2D eigenvalue weighted by Gasteiger charge is -2.29. The van der Waals surface area contributed by atoms with E-state index in [4.69, 9.17) is 11.6 Å². The molecule has 0 radical (unpaired) electrons. The Morgan fingerprint density at radius 3 is 2.56 bits per heavy atom. The molecule has 2 aromatic carbocycles. The molecule has 2 amide bonds. The van der Waals surface area contributed by atoms with Crippen LogP contribution in [-0.2, 0) is 9.59 Å². The number of carbonyl (C=O) groups is 2. The second kappa shape index (κ2) is 11.1. The summed E-state index contributed by atoms with van der Waals surface area (Å²) in [6.45, 7) is 2.08. The number of benzene rings is 2. The third-order valence-corrected chi connectivity index (χ3v) is 6.63. The van der Waals surface area contributed by atoms with Crippen LogP contribution in [0.3, 0.4) is 0 Å². The van der Waals surface area contributed by atoms with Gasteiger partial charge in [-0.1, -0.05) is 48.0 Å². The van der Waals surface area contributed by atoms with Crippen LogP contribution in [-0.4, -0.2) is 55.8 Å². The van der Waals surface area contributed by atoms with Crippen molar-refractivity contribution in [3.05, 3.63) is 83.1 Å². The van der Waals surface area contributed by atoms with Crippen molar-refractivity contribution in [2.45, 2.75) is 44.1 Å². The van der Waals surface area contributed by atoms with Crippen LogP contribution in [0, 0.1) is 0 Å². The van der Waals surface area contributed by atoms with Crippen LogP contribution < -0.4 is 5.32 Å². The van der Waals surface area contributed by atoms with Crippen molar-refractivity contribution in [1.82, 2.24) is 15.2 Å². The molecule has 4 atom stereocenters. The number of phenolic OH excluding ortho intramolecular Hbond substituents is 1. The van der Waals surface area contributed by atoms with E-state index in [-0.39, 0.29) is 11.8 Å². The second-order valence-electron chi connectivity index (χ2n) is 8.85. The summed E-state index contributed by atoms with van der Waals surface area (Å²) in [6.07, 6.45) is -0.849. The van der Waals surface area contributed by atoms with Crippen molar-refractivity contribution in [2.24, 2.45) is 0 Å². The molecule has 0 aliphatic carbocycles. The molecule has 9 heteroatoms. The van der Waals surface area contributed by atoms with Gasteiger partial charge in [-0.2, -0.15) is 0 Å². The van der Waals surface area contributed by atoms with E-state index in [0.717, 1.165) is 12.0 Å². The highest BCUT2D eigenvalue weighted by Crippen LogP contribution is 2.34. The Hall–Kier alpha value is -3.46. The lowest BCUT2D eigenvalue weighted by molar-refractivity contribution is -0.154. The third-order valence-electron chi connectivity index (χ3n) is 6.39. The number of rotatable bonds is 7. The Morgan fingerprint density at radius 1 is 1.08 bits per heavy atom. The van der Waals surface area contributed by atoms with Crippen molar-refractivity contribution in [2.75, 3.05) is 6.54 Å². The number of nitrogens with zero attached hydrogens (tertiary/aromatic N) is 2. The van der Waals surface area contributed by atoms with Gasteiger partial charge >= 0.3 is 0 Å². The lowest BCUT2D eigenvalue weighted by Crippen LogP contribution is -2.51. The Morgan fingerprint density at radius 2 is 1.86 bits per heavy atom. The van der Waals surface area contributed by atoms with Gasteiger partial charge in [0.2, 0.25) is 0 Å². The topological polar surface area (TPSA) is 123 Å². The predicted molar refractivity (Wildman–Crippen MR) is 135 cm³/mol. The van der Waals surface area contributed by atoms with Crippen molar-refractivity contribution in [3.63, 3.8) is 0 Å². The Kier molecular flexibility index (Phi) is 7.88. The molecule has 1 aromatic heterocycles. The summed E-state index contributed by atoms with van der Waals surface area (Å²) in [4.78, 5) is 31.5. The van der Waals surface area contributed by atoms with E-state index < -0.39 is 30.1 Å². The average molecular weight is 510 g/mol. The van der Waals surface area contributed by atoms with Gasteiger partial charge in [0.25, 0.3) is 11.8 Å². The van der Waals surface area contributed by atoms with Crippen molar-refractivity contribution in [1.29, 1.82) is 0 Å². The monoisotopic (exact) mass is 509 g/mol. The molecule has 1 saturated heterocycles. The van der Waals surface area contributed by atoms with Gasteiger partial charge in [0, 0.05) is 28.9 Å². The van der Waals surface area contributed by atoms with Crippen LogP contribution in [0.4, 0.5) is 0 Å². The summed E-state index contributed by atoms with van der Waals surface area (Å²) < 4.78 is 0. The largest absolute Gasteiger partial charge is 0.507 e. The number of hydrogen-bond acceptors (Lipinski definition) is 6. The highest BCUT2D eigenvalue weighted by Gasteiger charge is 2.38. The van der Waals surface area contributed by atoms with Gasteiger partial charge in [-0.05, 0) is 49.6 Å². The third kappa shape index (κ3) is 5.51. The maximum atomic E-state index is 13.0. The molecule has 36 heavy (non-hydrogen) atoms. The van der Waals surface area contributed by atoms with Gasteiger partial charge in [0.05, 0.1) is 17.8 Å². The molecule has 2 heterocycles. The van der Waals surface area contributed by atoms with Crippen LogP contribution in [0.5, 0.6) is 5.75 Å². The molecule has 3 aromatic rings. The molecule has 0 saturated carbocycles. The zero-order valence-electron chi connectivity index (χ0n) is 19.7. The molecule has 0 bridgehead atoms. The van der Waals surface area contributed by atoms with E-state index in [1.165, 1.54) is 4.90 Å². The van der Waals surface area contributed by atoms with Gasteiger partial charge in [0.15, 0.2) is 12.2 Å². The van der Waals surface area contributed by atoms with E-state index in [2.05, 4.69) is 10.3 Å². The zero-order chi connectivity index (χ0) is 25.8. The minimum absolute atomic E-state index is 0.130. The summed E-state index contributed by atoms with van der Waals surface area (Å²) in [6, 6.07) is 16.6. The Balaban J connectivity index is 1.39. The number of likely N-dealkylation sites (tertiary alicyclic amines) is 1. The number of para-hydroxylation sites is 1. The number of pyridine rings is 1. The summed E-state index contributed by atoms with van der Waals surface area (Å²) in [7, 11) is 0. The number of amides is 2. The van der Waals surface area contributed by atoms with E-state index >= 15 is 0 Å². The second-order valence-corrected chi connectivity index (χ2v) is 9.29. The average Bonchev–Trinajstić information content (AvgIpc) is 3.38. The van der Waals surface area contributed by atoms with Gasteiger partial charge in [0.1, 0.15) is 5.75 Å². The first-order valence-electron chi connectivity index (χ1n) is 11.7. The first-order valence-corrected chi connectivity index (χ1v) is 12.1. The van der Waals surface area contributed by atoms with Crippen LogP contribution >= 0.6 is 11.6 Å². The van der Waals surface area contributed by atoms with Gasteiger partial charge in [-0.3, -0.25) is 14.6 Å². The predicted octanol–water partition coefficient (Wildman–Crippen LogP) is 3.37. The molecule has 1 unspecified atom stereocenters. The molecular weight excluding hydrogens is 482 g/mol. The molecule has 8 nitrogen and oxygen atoms in total. The number of hydrogen-bond donors (Lipinski definition) is 4.